The quantitative estimate of drug-likeness (QED) is 0.511. The molecule has 0 aliphatic heterocycles. The maximum Gasteiger partial charge on any atom is 0.321 e. The first-order chi connectivity index (χ1) is 5.84. The second-order valence-corrected chi connectivity index (χ2v) is 4.78. The summed E-state index contributed by atoms with van der Waals surface area (Å²) in [5.41, 5.74) is -0.709. The highest BCUT2D eigenvalue weighted by atomic mass is 16.4. The lowest BCUT2D eigenvalue weighted by molar-refractivity contribution is -0.141. The fraction of sp³-hybridized carbons (Fsp3) is 0.700. The third-order valence-corrected chi connectivity index (χ3v) is 2.77. The van der Waals surface area contributed by atoms with Gasteiger partial charge in [-0.2, -0.15) is 0 Å². The minimum Gasteiger partial charge on any atom is -0.480 e. The van der Waals surface area contributed by atoms with E-state index in [9.17, 15) is 4.79 Å². The molecule has 3 heteroatoms. The lowest BCUT2D eigenvalue weighted by Gasteiger charge is -2.18. The van der Waals surface area contributed by atoms with E-state index < -0.39 is 11.4 Å². The summed E-state index contributed by atoms with van der Waals surface area (Å²) in [7, 11) is 0. The molecule has 0 radical (unpaired) electrons. The van der Waals surface area contributed by atoms with Crippen LogP contribution in [0.5, 0.6) is 0 Å². The normalized spacial score (nSPS) is 32.1. The van der Waals surface area contributed by atoms with Crippen molar-refractivity contribution >= 4 is 18.9 Å². The highest BCUT2D eigenvalue weighted by molar-refractivity contribution is 5.98. The smallest absolute Gasteiger partial charge is 0.321 e. The molecule has 1 rings (SSSR count). The molecule has 3 nitrogen and oxygen atoms in total. The van der Waals surface area contributed by atoms with Crippen molar-refractivity contribution in [2.45, 2.75) is 27.2 Å². The molecular formula is C10H16NO2+. The van der Waals surface area contributed by atoms with Crippen LogP contribution in [0.4, 0.5) is 0 Å². The standard InChI is InChI=1S/C10H15NO2/c1-9(2,3)7-5-10(7,6-11-4)8(12)13/h6-7H,4-5H2,1-3H3/p+1. The van der Waals surface area contributed by atoms with Crippen LogP contribution in [-0.2, 0) is 4.79 Å². The summed E-state index contributed by atoms with van der Waals surface area (Å²) in [6.07, 6.45) is 2.16. The number of hydrogen-bond donors (Lipinski definition) is 1. The monoisotopic (exact) mass is 182 g/mol. The Morgan fingerprint density at radius 2 is 2.23 bits per heavy atom. The van der Waals surface area contributed by atoms with Crippen molar-refractivity contribution in [3.8, 4) is 0 Å². The van der Waals surface area contributed by atoms with E-state index in [4.69, 9.17) is 5.11 Å². The van der Waals surface area contributed by atoms with E-state index in [0.717, 1.165) is 0 Å². The van der Waals surface area contributed by atoms with Gasteiger partial charge in [-0.05, 0) is 17.8 Å². The molecule has 0 bridgehead atoms. The predicted octanol–water partition coefficient (Wildman–Crippen LogP) is 0.962. The largest absolute Gasteiger partial charge is 0.480 e. The average molecular weight is 182 g/mol. The Morgan fingerprint density at radius 1 is 1.69 bits per heavy atom. The predicted molar refractivity (Wildman–Crippen MR) is 52.9 cm³/mol. The summed E-state index contributed by atoms with van der Waals surface area (Å²) in [6.45, 7) is 9.48. The highest BCUT2D eigenvalue weighted by Crippen LogP contribution is 2.59. The molecule has 0 aromatic carbocycles. The van der Waals surface area contributed by atoms with Gasteiger partial charge in [-0.1, -0.05) is 20.8 Å². The molecule has 0 saturated heterocycles. The molecule has 0 aromatic heterocycles. The molecule has 0 spiro atoms. The number of carbonyl (C=O) groups is 1. The summed E-state index contributed by atoms with van der Waals surface area (Å²) < 4.78 is 3.60. The van der Waals surface area contributed by atoms with Crippen molar-refractivity contribution in [3.63, 3.8) is 0 Å². The summed E-state index contributed by atoms with van der Waals surface area (Å²) in [4.78, 5) is 11.0. The van der Waals surface area contributed by atoms with Crippen molar-refractivity contribution < 1.29 is 9.90 Å². The van der Waals surface area contributed by atoms with Gasteiger partial charge in [0.05, 0.1) is 0 Å². The number of aliphatic carboxylic acids is 1. The fourth-order valence-corrected chi connectivity index (χ4v) is 1.95. The van der Waals surface area contributed by atoms with E-state index >= 15 is 0 Å². The maximum absolute atomic E-state index is 11.0. The molecule has 1 fully saturated rings. The van der Waals surface area contributed by atoms with Crippen LogP contribution in [0.2, 0.25) is 0 Å². The molecule has 1 aliphatic rings. The van der Waals surface area contributed by atoms with Crippen LogP contribution in [0.1, 0.15) is 27.2 Å². The second-order valence-electron chi connectivity index (χ2n) is 4.78. The zero-order chi connectivity index (χ0) is 10.3. The Kier molecular flexibility index (Phi) is 2.08. The van der Waals surface area contributed by atoms with Crippen molar-refractivity contribution in [2.24, 2.45) is 16.7 Å². The van der Waals surface area contributed by atoms with Crippen LogP contribution in [0.25, 0.3) is 0 Å². The summed E-state index contributed by atoms with van der Waals surface area (Å²) in [5, 5.41) is 9.05. The molecule has 1 aliphatic carbocycles. The van der Waals surface area contributed by atoms with Gasteiger partial charge in [0.1, 0.15) is 0 Å². The minimum absolute atomic E-state index is 0.0274. The third-order valence-electron chi connectivity index (χ3n) is 2.77. The van der Waals surface area contributed by atoms with Crippen LogP contribution < -0.4 is 4.67 Å². The van der Waals surface area contributed by atoms with Crippen molar-refractivity contribution in [2.75, 3.05) is 0 Å². The Morgan fingerprint density at radius 3 is 2.46 bits per heavy atom. The number of carboxylic acids is 1. The molecule has 72 valence electrons. The van der Waals surface area contributed by atoms with E-state index in [0.29, 0.717) is 6.42 Å². The molecule has 0 aromatic rings. The number of hydrogen-bond acceptors (Lipinski definition) is 1. The Balaban J connectivity index is 2.91. The maximum atomic E-state index is 11.0. The first kappa shape index (κ1) is 10.0. The fourth-order valence-electron chi connectivity index (χ4n) is 1.95. The van der Waals surface area contributed by atoms with Gasteiger partial charge in [0, 0.05) is 0 Å². The lowest BCUT2D eigenvalue weighted by atomic mass is 9.85. The van der Waals surface area contributed by atoms with E-state index in [-0.39, 0.29) is 11.3 Å². The number of carboxylic acid groups (broad SMARTS) is 1. The van der Waals surface area contributed by atoms with Gasteiger partial charge in [-0.3, -0.25) is 4.79 Å². The Labute approximate surface area is 78.2 Å². The summed E-state index contributed by atoms with van der Waals surface area (Å²) >= 11 is 0. The highest BCUT2D eigenvalue weighted by Gasteiger charge is 2.67. The summed E-state index contributed by atoms with van der Waals surface area (Å²) in [5.74, 6) is -0.595. The van der Waals surface area contributed by atoms with Crippen molar-refractivity contribution in [1.29, 1.82) is 0 Å². The van der Waals surface area contributed by atoms with Gasteiger partial charge in [0.25, 0.3) is 12.9 Å². The third kappa shape index (κ3) is 1.52. The molecule has 2 unspecified atom stereocenters. The van der Waals surface area contributed by atoms with Gasteiger partial charge in [0.2, 0.25) is 0 Å². The zero-order valence-electron chi connectivity index (χ0n) is 8.37. The first-order valence-electron chi connectivity index (χ1n) is 4.38. The SMILES string of the molecule is C=[N+]=CC1(C(=O)O)CC1C(C)(C)C. The van der Waals surface area contributed by atoms with Crippen LogP contribution >= 0.6 is 0 Å². The van der Waals surface area contributed by atoms with Gasteiger partial charge in [0.15, 0.2) is 5.41 Å². The lowest BCUT2D eigenvalue weighted by Crippen LogP contribution is -2.25. The zero-order valence-corrected chi connectivity index (χ0v) is 8.37. The molecular weight excluding hydrogens is 166 g/mol. The molecule has 1 saturated carbocycles. The van der Waals surface area contributed by atoms with Gasteiger partial charge < -0.3 is 5.11 Å². The van der Waals surface area contributed by atoms with Gasteiger partial charge in [-0.25, -0.2) is 0 Å². The van der Waals surface area contributed by atoms with E-state index in [1.807, 2.05) is 0 Å². The summed E-state index contributed by atoms with van der Waals surface area (Å²) in [6, 6.07) is 0. The number of rotatable bonds is 2. The Hall–Kier alpha value is -1.08. The topological polar surface area (TPSA) is 51.4 Å². The Bertz CT molecular complexity index is 280. The average Bonchev–Trinajstić information content (AvgIpc) is 2.63. The van der Waals surface area contributed by atoms with Crippen LogP contribution in [0.3, 0.4) is 0 Å². The van der Waals surface area contributed by atoms with Crippen LogP contribution in [0.15, 0.2) is 0 Å². The van der Waals surface area contributed by atoms with Crippen LogP contribution in [0, 0.1) is 16.7 Å². The van der Waals surface area contributed by atoms with Gasteiger partial charge >= 0.3 is 5.97 Å². The van der Waals surface area contributed by atoms with Gasteiger partial charge in [-0.15, -0.1) is 4.67 Å². The first-order valence-corrected chi connectivity index (χ1v) is 4.38. The van der Waals surface area contributed by atoms with E-state index in [1.165, 1.54) is 6.21 Å². The molecule has 0 amide bonds. The molecule has 2 atom stereocenters. The van der Waals surface area contributed by atoms with E-state index in [2.05, 4.69) is 32.2 Å². The minimum atomic E-state index is -0.778. The molecule has 13 heavy (non-hydrogen) atoms. The molecule has 1 N–H and O–H groups in total. The second kappa shape index (κ2) is 2.71. The molecule has 0 heterocycles. The van der Waals surface area contributed by atoms with Crippen molar-refractivity contribution in [1.82, 2.24) is 4.67 Å². The number of nitrogens with zero attached hydrogens (tertiary/aromatic N) is 1. The van der Waals surface area contributed by atoms with E-state index in [1.54, 1.807) is 0 Å². The van der Waals surface area contributed by atoms with Crippen molar-refractivity contribution in [3.05, 3.63) is 0 Å². The van der Waals surface area contributed by atoms with Crippen LogP contribution in [-0.4, -0.2) is 24.0 Å².